The van der Waals surface area contributed by atoms with Gasteiger partial charge >= 0.3 is 11.9 Å². The molecule has 144 valence electrons. The summed E-state index contributed by atoms with van der Waals surface area (Å²) in [5.74, 6) is -2.51. The molecule has 0 amide bonds. The number of nitrogens with one attached hydrogen (secondary N) is 1. The van der Waals surface area contributed by atoms with Gasteiger partial charge in [0.2, 0.25) is 0 Å². The molecule has 2 rings (SSSR count). The van der Waals surface area contributed by atoms with E-state index < -0.39 is 22.7 Å². The molecule has 0 bridgehead atoms. The number of hydrogen-bond acceptors (Lipinski definition) is 4. The molecule has 2 aromatic rings. The fourth-order valence-corrected chi connectivity index (χ4v) is 3.35. The smallest absolute Gasteiger partial charge is 0.328 e. The molecule has 0 saturated carbocycles. The molecular formula is C20H23NO5S. The highest BCUT2D eigenvalue weighted by Crippen LogP contribution is 2.21. The van der Waals surface area contributed by atoms with Gasteiger partial charge in [-0.3, -0.25) is 0 Å². The Kier molecular flexibility index (Phi) is 9.71. The molecule has 27 heavy (non-hydrogen) atoms. The maximum Gasteiger partial charge on any atom is 0.328 e. The zero-order valence-corrected chi connectivity index (χ0v) is 16.0. The van der Waals surface area contributed by atoms with Crippen LogP contribution < -0.4 is 5.32 Å². The van der Waals surface area contributed by atoms with Crippen LogP contribution in [0.5, 0.6) is 0 Å². The zero-order chi connectivity index (χ0) is 20.2. The largest absolute Gasteiger partial charge is 0.478 e. The van der Waals surface area contributed by atoms with E-state index in [0.29, 0.717) is 18.2 Å². The number of carboxylic acid groups (broad SMARTS) is 2. The molecule has 0 fully saturated rings. The Morgan fingerprint density at radius 1 is 1.00 bits per heavy atom. The third-order valence-electron chi connectivity index (χ3n) is 3.52. The summed E-state index contributed by atoms with van der Waals surface area (Å²) < 4.78 is 12.6. The third kappa shape index (κ3) is 8.44. The average molecular weight is 389 g/mol. The number of carboxylic acids is 2. The lowest BCUT2D eigenvalue weighted by Crippen LogP contribution is -2.24. The number of rotatable bonds is 7. The Bertz CT molecular complexity index is 789. The normalized spacial score (nSPS) is 12.7. The molecule has 0 aliphatic carbocycles. The van der Waals surface area contributed by atoms with Crippen LogP contribution in [0.4, 0.5) is 0 Å². The molecule has 2 unspecified atom stereocenters. The van der Waals surface area contributed by atoms with Gasteiger partial charge in [0.25, 0.3) is 0 Å². The predicted molar refractivity (Wildman–Crippen MR) is 104 cm³/mol. The van der Waals surface area contributed by atoms with Crippen molar-refractivity contribution in [2.24, 2.45) is 0 Å². The Morgan fingerprint density at radius 2 is 1.52 bits per heavy atom. The van der Waals surface area contributed by atoms with Gasteiger partial charge in [-0.05, 0) is 44.2 Å². The van der Waals surface area contributed by atoms with Crippen LogP contribution >= 0.6 is 0 Å². The van der Waals surface area contributed by atoms with E-state index in [0.717, 1.165) is 21.8 Å². The summed E-state index contributed by atoms with van der Waals surface area (Å²) in [4.78, 5) is 20.9. The number of hydrogen-bond donors (Lipinski definition) is 3. The van der Waals surface area contributed by atoms with Crippen molar-refractivity contribution in [2.75, 3.05) is 7.05 Å². The van der Waals surface area contributed by atoms with Gasteiger partial charge in [0.1, 0.15) is 0 Å². The van der Waals surface area contributed by atoms with Crippen LogP contribution in [0.2, 0.25) is 0 Å². The summed E-state index contributed by atoms with van der Waals surface area (Å²) in [7, 11) is 0.841. The highest BCUT2D eigenvalue weighted by atomic mass is 32.2. The van der Waals surface area contributed by atoms with E-state index in [1.54, 1.807) is 0 Å². The van der Waals surface area contributed by atoms with Gasteiger partial charge in [-0.2, -0.15) is 0 Å². The molecule has 7 heteroatoms. The molecule has 3 N–H and O–H groups in total. The number of benzene rings is 2. The minimum absolute atomic E-state index is 0.369. The van der Waals surface area contributed by atoms with Crippen molar-refractivity contribution in [1.82, 2.24) is 5.32 Å². The fourth-order valence-electron chi connectivity index (χ4n) is 2.10. The molecule has 0 spiro atoms. The Hall–Kier alpha value is -2.77. The van der Waals surface area contributed by atoms with Crippen LogP contribution in [-0.2, 0) is 26.8 Å². The maximum absolute atomic E-state index is 12.6. The lowest BCUT2D eigenvalue weighted by atomic mass is 10.1. The second-order valence-corrected chi connectivity index (χ2v) is 7.04. The summed E-state index contributed by atoms with van der Waals surface area (Å²) >= 11 is 0. The summed E-state index contributed by atoms with van der Waals surface area (Å²) in [6, 6.07) is 17.9. The van der Waals surface area contributed by atoms with Crippen LogP contribution in [0.15, 0.2) is 76.5 Å². The van der Waals surface area contributed by atoms with E-state index in [1.165, 1.54) is 0 Å². The molecule has 0 saturated heterocycles. The van der Waals surface area contributed by atoms with Crippen molar-refractivity contribution in [2.45, 2.75) is 29.2 Å². The number of carbonyl (C=O) groups is 2. The lowest BCUT2D eigenvalue weighted by Gasteiger charge is -2.13. The minimum atomic E-state index is -1.26. The van der Waals surface area contributed by atoms with E-state index in [-0.39, 0.29) is 0 Å². The van der Waals surface area contributed by atoms with Gasteiger partial charge < -0.3 is 15.5 Å². The second kappa shape index (κ2) is 11.8. The SMILES string of the molecule is CNC(C)Cc1ccccc1S(=O)c1ccccc1.O=C(O)C=CC(=O)O. The first-order valence-electron chi connectivity index (χ1n) is 8.21. The molecule has 6 nitrogen and oxygen atoms in total. The molecule has 0 radical (unpaired) electrons. The van der Waals surface area contributed by atoms with E-state index in [1.807, 2.05) is 55.6 Å². The van der Waals surface area contributed by atoms with Crippen LogP contribution in [-0.4, -0.2) is 39.5 Å². The molecule has 0 heterocycles. The maximum atomic E-state index is 12.6. The Labute approximate surface area is 161 Å². The zero-order valence-electron chi connectivity index (χ0n) is 15.2. The van der Waals surface area contributed by atoms with E-state index in [2.05, 4.69) is 18.3 Å². The first-order valence-corrected chi connectivity index (χ1v) is 9.36. The monoisotopic (exact) mass is 389 g/mol. The molecule has 0 aromatic heterocycles. The minimum Gasteiger partial charge on any atom is -0.478 e. The van der Waals surface area contributed by atoms with Crippen molar-refractivity contribution < 1.29 is 24.0 Å². The summed E-state index contributed by atoms with van der Waals surface area (Å²) in [5, 5.41) is 18.8. The standard InChI is InChI=1S/C16H19NOS.C4H4O4/c1-13(17-2)12-14-8-6-7-11-16(14)19(18)15-9-4-3-5-10-15;5-3(6)1-2-4(7)8/h3-11,13,17H,12H2,1-2H3;1-2H,(H,5,6)(H,7,8). The van der Waals surface area contributed by atoms with Crippen molar-refractivity contribution in [3.63, 3.8) is 0 Å². The van der Waals surface area contributed by atoms with Crippen molar-refractivity contribution in [1.29, 1.82) is 0 Å². The molecule has 2 aromatic carbocycles. The van der Waals surface area contributed by atoms with Crippen molar-refractivity contribution in [3.8, 4) is 0 Å². The van der Waals surface area contributed by atoms with Gasteiger partial charge in [-0.25, -0.2) is 13.8 Å². The molecule has 0 aliphatic heterocycles. The fraction of sp³-hybridized carbons (Fsp3) is 0.200. The quantitative estimate of drug-likeness (QED) is 0.629. The Morgan fingerprint density at radius 3 is 2.04 bits per heavy atom. The predicted octanol–water partition coefficient (Wildman–Crippen LogP) is 2.72. The molecular weight excluding hydrogens is 366 g/mol. The topological polar surface area (TPSA) is 104 Å². The highest BCUT2D eigenvalue weighted by Gasteiger charge is 2.12. The van der Waals surface area contributed by atoms with E-state index >= 15 is 0 Å². The molecule has 0 aliphatic rings. The summed E-state index contributed by atoms with van der Waals surface area (Å²) in [6.45, 7) is 2.13. The van der Waals surface area contributed by atoms with Crippen LogP contribution in [0, 0.1) is 0 Å². The second-order valence-electron chi connectivity index (χ2n) is 5.59. The first-order chi connectivity index (χ1) is 12.8. The third-order valence-corrected chi connectivity index (χ3v) is 5.02. The number of aliphatic carboxylic acids is 2. The van der Waals surface area contributed by atoms with Crippen molar-refractivity contribution in [3.05, 3.63) is 72.3 Å². The van der Waals surface area contributed by atoms with Gasteiger partial charge in [0.15, 0.2) is 0 Å². The van der Waals surface area contributed by atoms with Crippen molar-refractivity contribution >= 4 is 22.7 Å². The Balaban J connectivity index is 0.000000387. The van der Waals surface area contributed by atoms with Crippen LogP contribution in [0.1, 0.15) is 12.5 Å². The summed E-state index contributed by atoms with van der Waals surface area (Å²) in [5.41, 5.74) is 1.14. The van der Waals surface area contributed by atoms with Gasteiger partial charge in [0, 0.05) is 28.0 Å². The van der Waals surface area contributed by atoms with Gasteiger partial charge in [-0.15, -0.1) is 0 Å². The van der Waals surface area contributed by atoms with Gasteiger partial charge in [0.05, 0.1) is 10.8 Å². The molecule has 2 atom stereocenters. The lowest BCUT2D eigenvalue weighted by molar-refractivity contribution is -0.134. The van der Waals surface area contributed by atoms with E-state index in [4.69, 9.17) is 10.2 Å². The first kappa shape index (κ1) is 22.3. The van der Waals surface area contributed by atoms with Gasteiger partial charge in [-0.1, -0.05) is 36.4 Å². The highest BCUT2D eigenvalue weighted by molar-refractivity contribution is 7.85. The van der Waals surface area contributed by atoms with E-state index in [9.17, 15) is 13.8 Å². The summed E-state index contributed by atoms with van der Waals surface area (Å²) in [6.07, 6.45) is 2.00. The average Bonchev–Trinajstić information content (AvgIpc) is 2.67. The van der Waals surface area contributed by atoms with Crippen LogP contribution in [0.3, 0.4) is 0 Å². The number of likely N-dealkylation sites (N-methyl/N-ethyl adjacent to an activating group) is 1. The van der Waals surface area contributed by atoms with Crippen LogP contribution in [0.25, 0.3) is 0 Å².